The molecule has 10 aromatic carbocycles. The normalized spacial score (nSPS) is 18.0. The number of aryl methyl sites for hydroxylation is 1. The van der Waals surface area contributed by atoms with E-state index in [9.17, 15) is 0 Å². The van der Waals surface area contributed by atoms with E-state index in [4.69, 9.17) is 0 Å². The van der Waals surface area contributed by atoms with Crippen LogP contribution in [0.25, 0.3) is 22.3 Å². The van der Waals surface area contributed by atoms with Gasteiger partial charge in [-0.25, -0.2) is 0 Å². The van der Waals surface area contributed by atoms with Gasteiger partial charge in [-0.05, 0) is 146 Å². The Balaban J connectivity index is 1.12. The van der Waals surface area contributed by atoms with Gasteiger partial charge < -0.3 is 14.7 Å². The summed E-state index contributed by atoms with van der Waals surface area (Å²) in [6.45, 7) is 9.60. The molecule has 0 aromatic heterocycles. The van der Waals surface area contributed by atoms with Crippen molar-refractivity contribution in [3.05, 3.63) is 270 Å². The molecule has 2 atom stereocenters. The van der Waals surface area contributed by atoms with Gasteiger partial charge in [0.15, 0.2) is 0 Å². The summed E-state index contributed by atoms with van der Waals surface area (Å²) in [5, 5.41) is 0. The van der Waals surface area contributed by atoms with Gasteiger partial charge >= 0.3 is 0 Å². The third kappa shape index (κ3) is 6.39. The highest BCUT2D eigenvalue weighted by Gasteiger charge is 2.63. The van der Waals surface area contributed by atoms with E-state index in [1.54, 1.807) is 0 Å². The number of hydrogen-bond donors (Lipinski definition) is 0. The van der Waals surface area contributed by atoms with Crippen LogP contribution in [0.15, 0.2) is 243 Å². The summed E-state index contributed by atoms with van der Waals surface area (Å²) in [7, 11) is 0. The fourth-order valence-corrected chi connectivity index (χ4v) is 13.7. The first kappa shape index (κ1) is 43.5. The van der Waals surface area contributed by atoms with Crippen LogP contribution in [-0.2, 0) is 22.8 Å². The lowest BCUT2D eigenvalue weighted by atomic mass is 9.33. The van der Waals surface area contributed by atoms with E-state index in [2.05, 4.69) is 285 Å². The number of rotatable bonds is 6. The van der Waals surface area contributed by atoms with Gasteiger partial charge in [-0.1, -0.05) is 209 Å². The lowest BCUT2D eigenvalue weighted by Crippen LogP contribution is -2.61. The Morgan fingerprint density at radius 3 is 1.70 bits per heavy atom. The summed E-state index contributed by atoms with van der Waals surface area (Å²) in [6, 6.07) is 91.7. The molecule has 0 fully saturated rings. The van der Waals surface area contributed by atoms with Crippen LogP contribution < -0.4 is 31.1 Å². The zero-order valence-electron chi connectivity index (χ0n) is 41.9. The summed E-state index contributed by atoms with van der Waals surface area (Å²) in [5.74, 6) is 0. The van der Waals surface area contributed by atoms with Crippen LogP contribution in [0.5, 0.6) is 0 Å². The highest BCUT2D eigenvalue weighted by molar-refractivity contribution is 7.00. The molecule has 4 aliphatic rings. The number of nitrogens with zero attached hydrogens (tertiary/aromatic N) is 3. The monoisotopic (exact) mass is 937 g/mol. The number of para-hydroxylation sites is 2. The molecule has 0 N–H and O–H groups in total. The van der Waals surface area contributed by atoms with Crippen molar-refractivity contribution in [2.75, 3.05) is 14.7 Å². The first-order valence-electron chi connectivity index (χ1n) is 26.1. The summed E-state index contributed by atoms with van der Waals surface area (Å²) in [4.78, 5) is 7.94. The molecule has 1 aliphatic carbocycles. The van der Waals surface area contributed by atoms with Crippen molar-refractivity contribution in [3.8, 4) is 22.3 Å². The van der Waals surface area contributed by atoms with Crippen LogP contribution >= 0.6 is 0 Å². The quantitative estimate of drug-likeness (QED) is 0.154. The third-order valence-corrected chi connectivity index (χ3v) is 17.0. The van der Waals surface area contributed by atoms with E-state index in [1.165, 1.54) is 101 Å². The predicted molar refractivity (Wildman–Crippen MR) is 308 cm³/mol. The highest BCUT2D eigenvalue weighted by Crippen LogP contribution is 2.67. The second-order valence-electron chi connectivity index (χ2n) is 21.8. The van der Waals surface area contributed by atoms with E-state index < -0.39 is 5.54 Å². The van der Waals surface area contributed by atoms with Crippen molar-refractivity contribution in [1.82, 2.24) is 0 Å². The first-order chi connectivity index (χ1) is 35.7. The van der Waals surface area contributed by atoms with Crippen molar-refractivity contribution in [1.29, 1.82) is 0 Å². The maximum absolute atomic E-state index is 2.78. The van der Waals surface area contributed by atoms with Crippen LogP contribution in [0.2, 0.25) is 0 Å². The Labute approximate surface area is 430 Å². The van der Waals surface area contributed by atoms with Gasteiger partial charge in [-0.2, -0.15) is 0 Å². The van der Waals surface area contributed by atoms with E-state index in [0.717, 1.165) is 24.2 Å². The molecule has 0 amide bonds. The summed E-state index contributed by atoms with van der Waals surface area (Å²) >= 11 is 0. The molecule has 2 unspecified atom stereocenters. The zero-order valence-corrected chi connectivity index (χ0v) is 41.9. The average Bonchev–Trinajstić information content (AvgIpc) is 3.68. The van der Waals surface area contributed by atoms with Crippen LogP contribution in [0, 0.1) is 0 Å². The van der Waals surface area contributed by atoms with Crippen LogP contribution in [0.1, 0.15) is 61.9 Å². The molecular formula is C69H56BN3. The van der Waals surface area contributed by atoms with Crippen LogP contribution in [0.3, 0.4) is 0 Å². The van der Waals surface area contributed by atoms with E-state index in [1.807, 2.05) is 0 Å². The minimum atomic E-state index is -0.530. The SMILES string of the molecule is CC(C)(C)c1ccc2c(c1)C1(c3ccccc3)CCc3ccccc3C1(C)N2c1cc2c3c(c1)N(c1cccc(-c4ccccc4)c1)c1cc(-c4ccccc4)ccc1B3c1ccccc1N2c1ccccc1. The largest absolute Gasteiger partial charge is 0.330 e. The summed E-state index contributed by atoms with van der Waals surface area (Å²) in [6.07, 6.45) is 1.98. The molecule has 0 saturated carbocycles. The molecule has 350 valence electrons. The Bertz CT molecular complexity index is 3770. The maximum Gasteiger partial charge on any atom is 0.252 e. The van der Waals surface area contributed by atoms with E-state index >= 15 is 0 Å². The lowest BCUT2D eigenvalue weighted by molar-refractivity contribution is 0.270. The first-order valence-corrected chi connectivity index (χ1v) is 26.1. The van der Waals surface area contributed by atoms with Crippen molar-refractivity contribution in [2.24, 2.45) is 0 Å². The van der Waals surface area contributed by atoms with Crippen molar-refractivity contribution in [2.45, 2.75) is 56.9 Å². The molecule has 3 nitrogen and oxygen atoms in total. The zero-order chi connectivity index (χ0) is 49.1. The molecule has 4 heteroatoms. The molecule has 3 heterocycles. The molecule has 14 rings (SSSR count). The smallest absolute Gasteiger partial charge is 0.252 e. The van der Waals surface area contributed by atoms with Crippen LogP contribution in [-0.4, -0.2) is 6.71 Å². The topological polar surface area (TPSA) is 9.72 Å². The third-order valence-electron chi connectivity index (χ3n) is 17.0. The number of benzene rings is 10. The van der Waals surface area contributed by atoms with Gasteiger partial charge in [0.05, 0.1) is 11.0 Å². The van der Waals surface area contributed by atoms with Crippen molar-refractivity contribution < 1.29 is 0 Å². The molecule has 73 heavy (non-hydrogen) atoms. The fourth-order valence-electron chi connectivity index (χ4n) is 13.7. The summed E-state index contributed by atoms with van der Waals surface area (Å²) in [5.41, 5.74) is 24.2. The Kier molecular flexibility index (Phi) is 9.73. The van der Waals surface area contributed by atoms with Gasteiger partial charge in [-0.3, -0.25) is 0 Å². The average molecular weight is 938 g/mol. The molecule has 3 aliphatic heterocycles. The van der Waals surface area contributed by atoms with E-state index in [0.29, 0.717) is 0 Å². The standard InChI is InChI=1S/C69H56BN3/c1-67(2,3)53-37-39-61-58(44-53)69(52-28-13-7-14-29-52)41-40-49-26-17-18-33-57(49)68(69,4)73(61)56-45-64-66-65(46-56)72(55-32-21-27-50(42-55)47-22-9-5-10-23-47)63-43-51(48-24-11-6-12-25-48)36-38-60(63)70(66)59-34-19-20-35-62(59)71(64)54-30-15-8-16-31-54/h5-39,42-46H,40-41H2,1-4H3. The Morgan fingerprint density at radius 2 is 0.986 bits per heavy atom. The molecule has 0 bridgehead atoms. The number of anilines is 8. The van der Waals surface area contributed by atoms with Gasteiger partial charge in [-0.15, -0.1) is 0 Å². The Morgan fingerprint density at radius 1 is 0.411 bits per heavy atom. The second kappa shape index (κ2) is 16.3. The van der Waals surface area contributed by atoms with Gasteiger partial charge in [0.2, 0.25) is 0 Å². The lowest BCUT2D eigenvalue weighted by Gasteiger charge is -2.53. The van der Waals surface area contributed by atoms with Gasteiger partial charge in [0.25, 0.3) is 6.71 Å². The predicted octanol–water partition coefficient (Wildman–Crippen LogP) is 15.7. The van der Waals surface area contributed by atoms with Crippen molar-refractivity contribution >= 4 is 68.6 Å². The van der Waals surface area contributed by atoms with Crippen LogP contribution in [0.4, 0.5) is 45.5 Å². The van der Waals surface area contributed by atoms with Gasteiger partial charge in [0, 0.05) is 45.5 Å². The minimum absolute atomic E-state index is 0.0294. The molecule has 10 aromatic rings. The molecule has 0 saturated heterocycles. The summed E-state index contributed by atoms with van der Waals surface area (Å²) < 4.78 is 0. The second-order valence-corrected chi connectivity index (χ2v) is 21.8. The fraction of sp³-hybridized carbons (Fsp3) is 0.130. The molecular weight excluding hydrogens is 882 g/mol. The van der Waals surface area contributed by atoms with Gasteiger partial charge in [0.1, 0.15) is 0 Å². The molecule has 0 radical (unpaired) electrons. The minimum Gasteiger partial charge on any atom is -0.330 e. The maximum atomic E-state index is 2.78. The van der Waals surface area contributed by atoms with Crippen molar-refractivity contribution in [3.63, 3.8) is 0 Å². The number of hydrogen-bond acceptors (Lipinski definition) is 3. The molecule has 0 spiro atoms. The highest BCUT2D eigenvalue weighted by atomic mass is 15.3. The number of fused-ring (bicyclic) bond motifs is 9. The van der Waals surface area contributed by atoms with E-state index in [-0.39, 0.29) is 17.5 Å². The Hall–Kier alpha value is -8.34.